The van der Waals surface area contributed by atoms with Crippen molar-refractivity contribution < 1.29 is 19.1 Å². The summed E-state index contributed by atoms with van der Waals surface area (Å²) in [5.74, 6) is 0.687. The van der Waals surface area contributed by atoms with Gasteiger partial charge in [0, 0.05) is 38.8 Å². The van der Waals surface area contributed by atoms with Gasteiger partial charge >= 0.3 is 12.2 Å². The van der Waals surface area contributed by atoms with E-state index in [0.717, 1.165) is 25.7 Å². The number of carbonyl (C=O) groups excluding carboxylic acids is 2. The number of ether oxygens (including phenoxy) is 2. The molecule has 0 aromatic rings. The number of halogens is 1. The summed E-state index contributed by atoms with van der Waals surface area (Å²) in [5.41, 5.74) is -0.524. The van der Waals surface area contributed by atoms with Crippen molar-refractivity contribution in [2.24, 2.45) is 4.99 Å². The number of nitrogens with zero attached hydrogens (tertiary/aromatic N) is 2. The highest BCUT2D eigenvalue weighted by atomic mass is 127. The van der Waals surface area contributed by atoms with Crippen LogP contribution in [0.25, 0.3) is 0 Å². The maximum atomic E-state index is 12.1. The first-order valence-electron chi connectivity index (χ1n) is 10.6. The molecule has 30 heavy (non-hydrogen) atoms. The molecule has 1 saturated heterocycles. The van der Waals surface area contributed by atoms with Crippen LogP contribution in [-0.4, -0.2) is 74.0 Å². The molecular weight excluding hydrogens is 501 g/mol. The standard InChI is InChI=1S/C20H39N5O4.HI/c1-7-9-16(24-18(26)29-20(3,4)5)14-22-17(21-6)23-15-10-12-25(13-11-15)19(27)28-8-2;/h15-16H,7-14H2,1-6H3,(H,24,26)(H2,21,22,23);1H. The Bertz CT molecular complexity index is 546. The van der Waals surface area contributed by atoms with Crippen LogP contribution < -0.4 is 16.0 Å². The van der Waals surface area contributed by atoms with Crippen molar-refractivity contribution in [2.75, 3.05) is 33.3 Å². The highest BCUT2D eigenvalue weighted by Gasteiger charge is 2.24. The van der Waals surface area contributed by atoms with Crippen molar-refractivity contribution in [3.63, 3.8) is 0 Å². The third kappa shape index (κ3) is 11.7. The van der Waals surface area contributed by atoms with Gasteiger partial charge in [-0.2, -0.15) is 0 Å². The molecule has 1 atom stereocenters. The first kappa shape index (κ1) is 28.5. The van der Waals surface area contributed by atoms with Gasteiger partial charge in [0.05, 0.1) is 6.61 Å². The third-order valence-electron chi connectivity index (χ3n) is 4.46. The maximum Gasteiger partial charge on any atom is 0.409 e. The van der Waals surface area contributed by atoms with Crippen molar-refractivity contribution in [3.8, 4) is 0 Å². The number of rotatable bonds is 7. The van der Waals surface area contributed by atoms with Crippen LogP contribution in [0.15, 0.2) is 4.99 Å². The summed E-state index contributed by atoms with van der Waals surface area (Å²) < 4.78 is 10.4. The lowest BCUT2D eigenvalue weighted by Crippen LogP contribution is -2.52. The summed E-state index contributed by atoms with van der Waals surface area (Å²) >= 11 is 0. The van der Waals surface area contributed by atoms with E-state index in [-0.39, 0.29) is 42.2 Å². The SMILES string of the molecule is CCCC(CNC(=NC)NC1CCN(C(=O)OCC)CC1)NC(=O)OC(C)(C)C.I. The van der Waals surface area contributed by atoms with Crippen LogP contribution in [0.1, 0.15) is 60.3 Å². The Morgan fingerprint density at radius 2 is 1.83 bits per heavy atom. The summed E-state index contributed by atoms with van der Waals surface area (Å²) in [7, 11) is 1.72. The minimum absolute atomic E-state index is 0. The molecule has 1 unspecified atom stereocenters. The number of amides is 2. The van der Waals surface area contributed by atoms with Crippen LogP contribution in [0.4, 0.5) is 9.59 Å². The van der Waals surface area contributed by atoms with Gasteiger partial charge < -0.3 is 30.3 Å². The Balaban J connectivity index is 0.00000841. The average Bonchev–Trinajstić information content (AvgIpc) is 2.64. The van der Waals surface area contributed by atoms with Gasteiger partial charge in [-0.1, -0.05) is 13.3 Å². The first-order chi connectivity index (χ1) is 13.7. The summed E-state index contributed by atoms with van der Waals surface area (Å²) in [4.78, 5) is 29.9. The van der Waals surface area contributed by atoms with E-state index in [1.165, 1.54) is 0 Å². The Hall–Kier alpha value is -1.46. The highest BCUT2D eigenvalue weighted by molar-refractivity contribution is 14.0. The number of hydrogen-bond donors (Lipinski definition) is 3. The topological polar surface area (TPSA) is 104 Å². The normalized spacial score (nSPS) is 16.2. The van der Waals surface area contributed by atoms with E-state index in [1.54, 1.807) is 11.9 Å². The van der Waals surface area contributed by atoms with Gasteiger partial charge in [-0.15, -0.1) is 24.0 Å². The van der Waals surface area contributed by atoms with Gasteiger partial charge in [0.15, 0.2) is 5.96 Å². The molecule has 0 spiro atoms. The predicted molar refractivity (Wildman–Crippen MR) is 130 cm³/mol. The molecule has 0 aliphatic carbocycles. The predicted octanol–water partition coefficient (Wildman–Crippen LogP) is 3.08. The van der Waals surface area contributed by atoms with Crippen molar-refractivity contribution in [1.29, 1.82) is 0 Å². The summed E-state index contributed by atoms with van der Waals surface area (Å²) in [6.07, 6.45) is 2.78. The third-order valence-corrected chi connectivity index (χ3v) is 4.46. The van der Waals surface area contributed by atoms with Gasteiger partial charge in [0.1, 0.15) is 5.60 Å². The van der Waals surface area contributed by atoms with E-state index in [4.69, 9.17) is 9.47 Å². The van der Waals surface area contributed by atoms with Crippen molar-refractivity contribution in [2.45, 2.75) is 78.0 Å². The van der Waals surface area contributed by atoms with Crippen molar-refractivity contribution >= 4 is 42.1 Å². The Morgan fingerprint density at radius 1 is 1.20 bits per heavy atom. The number of carbonyl (C=O) groups is 2. The quantitative estimate of drug-likeness (QED) is 0.260. The average molecular weight is 541 g/mol. The minimum atomic E-state index is -0.524. The molecule has 1 aliphatic heterocycles. The molecule has 2 amide bonds. The van der Waals surface area contributed by atoms with E-state index < -0.39 is 11.7 Å². The second kappa shape index (κ2) is 14.5. The van der Waals surface area contributed by atoms with Crippen LogP contribution in [0.5, 0.6) is 0 Å². The fourth-order valence-corrected chi connectivity index (χ4v) is 3.08. The maximum absolute atomic E-state index is 12.1. The molecule has 176 valence electrons. The molecule has 10 heteroatoms. The van der Waals surface area contributed by atoms with Crippen LogP contribution in [-0.2, 0) is 9.47 Å². The molecule has 1 rings (SSSR count). The zero-order valence-corrected chi connectivity index (χ0v) is 21.6. The van der Waals surface area contributed by atoms with E-state index in [2.05, 4.69) is 27.9 Å². The number of guanidine groups is 1. The summed E-state index contributed by atoms with van der Waals surface area (Å²) in [6.45, 7) is 11.7. The molecule has 9 nitrogen and oxygen atoms in total. The molecule has 1 fully saturated rings. The van der Waals surface area contributed by atoms with Crippen LogP contribution in [0, 0.1) is 0 Å². The lowest BCUT2D eigenvalue weighted by atomic mass is 10.1. The molecule has 0 bridgehead atoms. The zero-order valence-electron chi connectivity index (χ0n) is 19.2. The molecule has 0 aromatic heterocycles. The van der Waals surface area contributed by atoms with Crippen molar-refractivity contribution in [1.82, 2.24) is 20.9 Å². The monoisotopic (exact) mass is 541 g/mol. The summed E-state index contributed by atoms with van der Waals surface area (Å²) in [6, 6.07) is 0.175. The number of alkyl carbamates (subject to hydrolysis) is 1. The molecule has 0 aromatic carbocycles. The number of piperidine rings is 1. The van der Waals surface area contributed by atoms with E-state index >= 15 is 0 Å². The smallest absolute Gasteiger partial charge is 0.409 e. The molecule has 0 saturated carbocycles. The van der Waals surface area contributed by atoms with E-state index in [1.807, 2.05) is 27.7 Å². The molecular formula is C20H40IN5O4. The van der Waals surface area contributed by atoms with E-state index in [9.17, 15) is 9.59 Å². The summed E-state index contributed by atoms with van der Waals surface area (Å²) in [5, 5.41) is 9.61. The number of hydrogen-bond acceptors (Lipinski definition) is 5. The second-order valence-electron chi connectivity index (χ2n) is 8.19. The second-order valence-corrected chi connectivity index (χ2v) is 8.19. The minimum Gasteiger partial charge on any atom is -0.450 e. The zero-order chi connectivity index (χ0) is 21.9. The van der Waals surface area contributed by atoms with Gasteiger partial charge in [-0.05, 0) is 47.0 Å². The highest BCUT2D eigenvalue weighted by Crippen LogP contribution is 2.11. The van der Waals surface area contributed by atoms with E-state index in [0.29, 0.717) is 32.2 Å². The fraction of sp³-hybridized carbons (Fsp3) is 0.850. The molecule has 0 radical (unpaired) electrons. The van der Waals surface area contributed by atoms with Gasteiger partial charge in [-0.25, -0.2) is 9.59 Å². The fourth-order valence-electron chi connectivity index (χ4n) is 3.08. The Morgan fingerprint density at radius 3 is 2.33 bits per heavy atom. The largest absolute Gasteiger partial charge is 0.450 e. The van der Waals surface area contributed by atoms with Crippen LogP contribution >= 0.6 is 24.0 Å². The Labute approximate surface area is 198 Å². The number of likely N-dealkylation sites (tertiary alicyclic amines) is 1. The van der Waals surface area contributed by atoms with Crippen LogP contribution in [0.3, 0.4) is 0 Å². The van der Waals surface area contributed by atoms with Gasteiger partial charge in [0.2, 0.25) is 0 Å². The molecule has 3 N–H and O–H groups in total. The van der Waals surface area contributed by atoms with Crippen LogP contribution in [0.2, 0.25) is 0 Å². The number of aliphatic imine (C=N–C) groups is 1. The van der Waals surface area contributed by atoms with Gasteiger partial charge in [-0.3, -0.25) is 4.99 Å². The Kier molecular flexibility index (Phi) is 13.8. The first-order valence-corrected chi connectivity index (χ1v) is 10.6. The molecule has 1 heterocycles. The lowest BCUT2D eigenvalue weighted by Gasteiger charge is -2.32. The number of nitrogens with one attached hydrogen (secondary N) is 3. The lowest BCUT2D eigenvalue weighted by molar-refractivity contribution is 0.0502. The molecule has 1 aliphatic rings. The van der Waals surface area contributed by atoms with Crippen molar-refractivity contribution in [3.05, 3.63) is 0 Å². The van der Waals surface area contributed by atoms with Gasteiger partial charge in [0.25, 0.3) is 0 Å².